The summed E-state index contributed by atoms with van der Waals surface area (Å²) >= 11 is 0. The Kier molecular flexibility index (Phi) is 4.94. The summed E-state index contributed by atoms with van der Waals surface area (Å²) in [6.07, 6.45) is 0. The van der Waals surface area contributed by atoms with Gasteiger partial charge in [-0.2, -0.15) is 0 Å². The molecule has 2 N–H and O–H groups in total. The molecule has 0 aromatic carbocycles. The molecule has 0 saturated heterocycles. The van der Waals surface area contributed by atoms with E-state index in [0.29, 0.717) is 0 Å². The molecule has 0 atom stereocenters. The highest BCUT2D eigenvalue weighted by molar-refractivity contribution is 6.05. The van der Waals surface area contributed by atoms with Crippen molar-refractivity contribution in [3.05, 3.63) is 23.3 Å². The van der Waals surface area contributed by atoms with Crippen LogP contribution < -0.4 is 0 Å². The van der Waals surface area contributed by atoms with Gasteiger partial charge in [0.15, 0.2) is 23.3 Å². The first kappa shape index (κ1) is 16.0. The zero-order chi connectivity index (χ0) is 14.7. The average molecular weight is 278 g/mol. The maximum atomic E-state index is 13.1. The Labute approximate surface area is 94.8 Å². The maximum Gasteiger partial charge on any atom is 0.360 e. The topological polar surface area (TPSA) is 74.6 Å². The summed E-state index contributed by atoms with van der Waals surface area (Å²) in [5.41, 5.74) is -4.95. The van der Waals surface area contributed by atoms with Crippen LogP contribution in [0.5, 0.6) is 0 Å². The molecular formula is C8H4F6O4. The molecule has 0 spiro atoms. The Bertz CT molecular complexity index is 427. The summed E-state index contributed by atoms with van der Waals surface area (Å²) < 4.78 is 75.1. The van der Waals surface area contributed by atoms with E-state index in [9.17, 15) is 35.9 Å². The van der Waals surface area contributed by atoms with Crippen LogP contribution in [0.15, 0.2) is 23.3 Å². The first-order chi connectivity index (χ1) is 8.10. The minimum absolute atomic E-state index is 2.22. The van der Waals surface area contributed by atoms with Gasteiger partial charge in [0, 0.05) is 0 Å². The fourth-order valence-corrected chi connectivity index (χ4v) is 0.705. The van der Waals surface area contributed by atoms with Crippen molar-refractivity contribution in [3.8, 4) is 0 Å². The van der Waals surface area contributed by atoms with Crippen LogP contribution in [-0.4, -0.2) is 34.5 Å². The zero-order valence-electron chi connectivity index (χ0n) is 8.19. The Morgan fingerprint density at radius 3 is 1.61 bits per heavy atom. The van der Waals surface area contributed by atoms with E-state index >= 15 is 0 Å². The summed E-state index contributed by atoms with van der Waals surface area (Å²) in [7, 11) is 0. The van der Waals surface area contributed by atoms with Crippen LogP contribution in [0.2, 0.25) is 0 Å². The molecule has 0 aliphatic rings. The van der Waals surface area contributed by atoms with Gasteiger partial charge in [-0.25, -0.2) is 35.9 Å². The molecule has 0 aliphatic carbocycles. The standard InChI is InChI=1S/C8H4F6O4/c9-1-2(10)3(11)4(12)5(13)8(14,6(15)16)7(17)18/h1H2,(H,15,16)(H,17,18)/b3-2+,5-4+. The SMILES string of the molecule is O=C(O)C(F)(C(=O)O)/C(F)=C(F)/C(F)=C(\F)CF. The van der Waals surface area contributed by atoms with Crippen LogP contribution in [0.4, 0.5) is 26.3 Å². The second-order valence-electron chi connectivity index (χ2n) is 2.75. The van der Waals surface area contributed by atoms with Crippen LogP contribution in [0, 0.1) is 0 Å². The molecule has 0 heterocycles. The summed E-state index contributed by atoms with van der Waals surface area (Å²) in [5, 5.41) is 16.2. The molecule has 0 amide bonds. The Morgan fingerprint density at radius 2 is 1.33 bits per heavy atom. The molecule has 0 bridgehead atoms. The number of hydrogen-bond donors (Lipinski definition) is 2. The molecule has 0 radical (unpaired) electrons. The lowest BCUT2D eigenvalue weighted by molar-refractivity contribution is -0.164. The van der Waals surface area contributed by atoms with Gasteiger partial charge in [-0.15, -0.1) is 0 Å². The Hall–Kier alpha value is -2.00. The van der Waals surface area contributed by atoms with E-state index in [1.54, 1.807) is 0 Å². The highest BCUT2D eigenvalue weighted by Crippen LogP contribution is 2.33. The third-order valence-electron chi connectivity index (χ3n) is 1.63. The summed E-state index contributed by atoms with van der Waals surface area (Å²) in [5.74, 6) is -17.7. The second kappa shape index (κ2) is 5.56. The van der Waals surface area contributed by atoms with Gasteiger partial charge in [0.1, 0.15) is 6.67 Å². The molecule has 102 valence electrons. The number of hydrogen-bond acceptors (Lipinski definition) is 2. The number of allylic oxidation sites excluding steroid dienone is 3. The van der Waals surface area contributed by atoms with Crippen LogP contribution in [0.25, 0.3) is 0 Å². The molecule has 0 saturated carbocycles. The van der Waals surface area contributed by atoms with E-state index in [1.165, 1.54) is 0 Å². The summed E-state index contributed by atoms with van der Waals surface area (Å²) in [4.78, 5) is 20.3. The van der Waals surface area contributed by atoms with Crippen molar-refractivity contribution >= 4 is 11.9 Å². The molecule has 0 aromatic rings. The van der Waals surface area contributed by atoms with Crippen molar-refractivity contribution in [1.29, 1.82) is 0 Å². The summed E-state index contributed by atoms with van der Waals surface area (Å²) in [6.45, 7) is -2.22. The quantitative estimate of drug-likeness (QED) is 0.459. The van der Waals surface area contributed by atoms with Crippen molar-refractivity contribution in [2.45, 2.75) is 5.67 Å². The van der Waals surface area contributed by atoms with Crippen molar-refractivity contribution in [3.63, 3.8) is 0 Å². The monoisotopic (exact) mass is 278 g/mol. The lowest BCUT2D eigenvalue weighted by atomic mass is 10.0. The number of carboxylic acid groups (broad SMARTS) is 2. The number of rotatable bonds is 5. The molecule has 4 nitrogen and oxygen atoms in total. The molecule has 0 aliphatic heterocycles. The number of carboxylic acids is 2. The Balaban J connectivity index is 5.95. The van der Waals surface area contributed by atoms with E-state index in [2.05, 4.69) is 0 Å². The predicted molar refractivity (Wildman–Crippen MR) is 43.6 cm³/mol. The van der Waals surface area contributed by atoms with Gasteiger partial charge in [0.2, 0.25) is 0 Å². The van der Waals surface area contributed by atoms with E-state index in [-0.39, 0.29) is 0 Å². The van der Waals surface area contributed by atoms with Crippen LogP contribution in [-0.2, 0) is 9.59 Å². The molecule has 0 fully saturated rings. The van der Waals surface area contributed by atoms with E-state index in [4.69, 9.17) is 10.2 Å². The maximum absolute atomic E-state index is 13.1. The normalized spacial score (nSPS) is 14.8. The Morgan fingerprint density at radius 1 is 0.944 bits per heavy atom. The van der Waals surface area contributed by atoms with Crippen molar-refractivity contribution in [1.82, 2.24) is 0 Å². The first-order valence-electron chi connectivity index (χ1n) is 3.92. The number of alkyl halides is 2. The minimum atomic E-state index is -4.95. The van der Waals surface area contributed by atoms with Gasteiger partial charge in [0.05, 0.1) is 0 Å². The molecule has 0 aromatic heterocycles. The lowest BCUT2D eigenvalue weighted by Crippen LogP contribution is -2.43. The van der Waals surface area contributed by atoms with E-state index in [0.717, 1.165) is 0 Å². The van der Waals surface area contributed by atoms with Gasteiger partial charge in [-0.05, 0) is 0 Å². The second-order valence-corrected chi connectivity index (χ2v) is 2.75. The predicted octanol–water partition coefficient (Wildman–Crippen LogP) is 2.13. The minimum Gasteiger partial charge on any atom is -0.478 e. The highest BCUT2D eigenvalue weighted by Gasteiger charge is 2.55. The molecule has 10 heteroatoms. The first-order valence-corrected chi connectivity index (χ1v) is 3.92. The van der Waals surface area contributed by atoms with Crippen molar-refractivity contribution < 1.29 is 46.1 Å². The highest BCUT2D eigenvalue weighted by atomic mass is 19.2. The van der Waals surface area contributed by atoms with E-state index < -0.39 is 47.6 Å². The summed E-state index contributed by atoms with van der Waals surface area (Å²) in [6, 6.07) is 0. The van der Waals surface area contributed by atoms with Gasteiger partial charge in [-0.1, -0.05) is 0 Å². The molecular weight excluding hydrogens is 274 g/mol. The van der Waals surface area contributed by atoms with Gasteiger partial charge in [0.25, 0.3) is 0 Å². The smallest absolute Gasteiger partial charge is 0.360 e. The lowest BCUT2D eigenvalue weighted by Gasteiger charge is -2.13. The largest absolute Gasteiger partial charge is 0.478 e. The van der Waals surface area contributed by atoms with Crippen LogP contribution in [0.1, 0.15) is 0 Å². The molecule has 0 rings (SSSR count). The zero-order valence-corrected chi connectivity index (χ0v) is 8.19. The fraction of sp³-hybridized carbons (Fsp3) is 0.250. The molecule has 0 unspecified atom stereocenters. The van der Waals surface area contributed by atoms with Crippen molar-refractivity contribution in [2.24, 2.45) is 0 Å². The van der Waals surface area contributed by atoms with Crippen LogP contribution >= 0.6 is 0 Å². The number of carbonyl (C=O) groups is 2. The van der Waals surface area contributed by atoms with Gasteiger partial charge in [-0.3, -0.25) is 0 Å². The fourth-order valence-electron chi connectivity index (χ4n) is 0.705. The number of halogens is 6. The number of aliphatic carboxylic acids is 2. The van der Waals surface area contributed by atoms with E-state index in [1.807, 2.05) is 0 Å². The average Bonchev–Trinajstić information content (AvgIpc) is 2.33. The third-order valence-corrected chi connectivity index (χ3v) is 1.63. The molecule has 18 heavy (non-hydrogen) atoms. The third kappa shape index (κ3) is 2.63. The van der Waals surface area contributed by atoms with Crippen molar-refractivity contribution in [2.75, 3.05) is 6.67 Å². The van der Waals surface area contributed by atoms with Crippen LogP contribution in [0.3, 0.4) is 0 Å². The van der Waals surface area contributed by atoms with Gasteiger partial charge >= 0.3 is 17.6 Å². The van der Waals surface area contributed by atoms with Gasteiger partial charge < -0.3 is 10.2 Å².